The van der Waals surface area contributed by atoms with Crippen LogP contribution < -0.4 is 0 Å². The summed E-state index contributed by atoms with van der Waals surface area (Å²) in [7, 11) is 0. The van der Waals surface area contributed by atoms with Crippen molar-refractivity contribution in [1.82, 2.24) is 0 Å². The lowest BCUT2D eigenvalue weighted by molar-refractivity contribution is -0.0482. The molecule has 0 saturated carbocycles. The second kappa shape index (κ2) is 6.05. The van der Waals surface area contributed by atoms with Crippen LogP contribution >= 0.6 is 23.2 Å². The van der Waals surface area contributed by atoms with Crippen LogP contribution in [-0.4, -0.2) is 23.4 Å². The van der Waals surface area contributed by atoms with Crippen molar-refractivity contribution < 1.29 is 9.84 Å². The van der Waals surface area contributed by atoms with Gasteiger partial charge in [0.15, 0.2) is 0 Å². The molecule has 0 heterocycles. The molecule has 0 aromatic heterocycles. The number of aliphatic hydroxyl groups is 1. The Morgan fingerprint density at radius 3 is 2.53 bits per heavy atom. The summed E-state index contributed by atoms with van der Waals surface area (Å²) >= 11 is 11.9. The second-order valence-corrected chi connectivity index (χ2v) is 5.86. The van der Waals surface area contributed by atoms with E-state index in [1.807, 2.05) is 20.8 Å². The first kappa shape index (κ1) is 14.8. The Morgan fingerprint density at radius 1 is 1.29 bits per heavy atom. The molecule has 0 radical (unpaired) electrons. The molecule has 0 spiro atoms. The maximum atomic E-state index is 9.85. The van der Waals surface area contributed by atoms with Crippen molar-refractivity contribution in [3.8, 4) is 0 Å². The highest BCUT2D eigenvalue weighted by Crippen LogP contribution is 2.22. The highest BCUT2D eigenvalue weighted by molar-refractivity contribution is 6.33. The van der Waals surface area contributed by atoms with Gasteiger partial charge in [0, 0.05) is 16.5 Å². The van der Waals surface area contributed by atoms with Crippen LogP contribution in [-0.2, 0) is 11.2 Å². The van der Waals surface area contributed by atoms with Crippen molar-refractivity contribution in [2.45, 2.75) is 38.9 Å². The van der Waals surface area contributed by atoms with Crippen LogP contribution in [0.15, 0.2) is 18.2 Å². The largest absolute Gasteiger partial charge is 0.390 e. The van der Waals surface area contributed by atoms with Gasteiger partial charge in [-0.25, -0.2) is 0 Å². The maximum absolute atomic E-state index is 9.85. The highest BCUT2D eigenvalue weighted by Gasteiger charge is 2.15. The summed E-state index contributed by atoms with van der Waals surface area (Å²) in [6, 6.07) is 5.23. The van der Waals surface area contributed by atoms with E-state index in [9.17, 15) is 5.11 Å². The predicted molar refractivity (Wildman–Crippen MR) is 71.9 cm³/mol. The van der Waals surface area contributed by atoms with Gasteiger partial charge in [0.05, 0.1) is 18.3 Å². The topological polar surface area (TPSA) is 29.5 Å². The van der Waals surface area contributed by atoms with Gasteiger partial charge in [0.1, 0.15) is 0 Å². The average Bonchev–Trinajstić information content (AvgIpc) is 2.20. The van der Waals surface area contributed by atoms with Gasteiger partial charge in [-0.3, -0.25) is 0 Å². The number of ether oxygens (including phenoxy) is 1. The van der Waals surface area contributed by atoms with Gasteiger partial charge in [-0.2, -0.15) is 0 Å². The van der Waals surface area contributed by atoms with E-state index in [2.05, 4.69) is 0 Å². The van der Waals surface area contributed by atoms with Gasteiger partial charge in [-0.05, 0) is 44.5 Å². The number of hydrogen-bond acceptors (Lipinski definition) is 2. The summed E-state index contributed by atoms with van der Waals surface area (Å²) in [4.78, 5) is 0. The molecule has 1 aromatic rings. The molecule has 0 aliphatic carbocycles. The van der Waals surface area contributed by atoms with Crippen LogP contribution in [0.5, 0.6) is 0 Å². The fourth-order valence-corrected chi connectivity index (χ4v) is 1.75. The van der Waals surface area contributed by atoms with Crippen molar-refractivity contribution >= 4 is 23.2 Å². The second-order valence-electron chi connectivity index (χ2n) is 5.02. The van der Waals surface area contributed by atoms with Gasteiger partial charge < -0.3 is 9.84 Å². The number of rotatable bonds is 4. The Morgan fingerprint density at radius 2 is 1.94 bits per heavy atom. The van der Waals surface area contributed by atoms with Crippen molar-refractivity contribution in [1.29, 1.82) is 0 Å². The summed E-state index contributed by atoms with van der Waals surface area (Å²) in [5.74, 6) is 0. The fraction of sp³-hybridized carbons (Fsp3) is 0.538. The van der Waals surface area contributed by atoms with Crippen molar-refractivity contribution in [3.63, 3.8) is 0 Å². The predicted octanol–water partition coefficient (Wildman–Crippen LogP) is 3.71. The zero-order valence-electron chi connectivity index (χ0n) is 10.3. The zero-order chi connectivity index (χ0) is 13.1. The molecule has 0 saturated heterocycles. The van der Waals surface area contributed by atoms with E-state index in [4.69, 9.17) is 27.9 Å². The number of aliphatic hydroxyl groups excluding tert-OH is 1. The van der Waals surface area contributed by atoms with Gasteiger partial charge >= 0.3 is 0 Å². The Balaban J connectivity index is 2.56. The third-order valence-corrected chi connectivity index (χ3v) is 2.78. The minimum Gasteiger partial charge on any atom is -0.390 e. The summed E-state index contributed by atoms with van der Waals surface area (Å²) in [5.41, 5.74) is 0.586. The quantitative estimate of drug-likeness (QED) is 0.909. The van der Waals surface area contributed by atoms with Gasteiger partial charge in [0.2, 0.25) is 0 Å². The fourth-order valence-electron chi connectivity index (χ4n) is 1.36. The number of benzene rings is 1. The first-order valence-corrected chi connectivity index (χ1v) is 6.29. The molecule has 1 unspecified atom stereocenters. The van der Waals surface area contributed by atoms with E-state index in [0.717, 1.165) is 5.56 Å². The maximum Gasteiger partial charge on any atom is 0.0814 e. The smallest absolute Gasteiger partial charge is 0.0814 e. The average molecular weight is 277 g/mol. The molecule has 2 nitrogen and oxygen atoms in total. The minimum absolute atomic E-state index is 0.251. The van der Waals surface area contributed by atoms with Crippen LogP contribution in [0.4, 0.5) is 0 Å². The zero-order valence-corrected chi connectivity index (χ0v) is 11.8. The van der Waals surface area contributed by atoms with Crippen LogP contribution in [0.3, 0.4) is 0 Å². The molecule has 0 fully saturated rings. The molecule has 1 aromatic carbocycles. The first-order valence-electron chi connectivity index (χ1n) is 5.54. The molecular formula is C13H18Cl2O2. The van der Waals surface area contributed by atoms with Gasteiger partial charge in [-0.1, -0.05) is 23.2 Å². The van der Waals surface area contributed by atoms with Crippen LogP contribution in [0.2, 0.25) is 10.0 Å². The van der Waals surface area contributed by atoms with Crippen LogP contribution in [0.1, 0.15) is 26.3 Å². The molecule has 1 rings (SSSR count). The van der Waals surface area contributed by atoms with Crippen molar-refractivity contribution in [3.05, 3.63) is 33.8 Å². The Hall–Kier alpha value is -0.280. The lowest BCUT2D eigenvalue weighted by atomic mass is 10.1. The normalized spacial score (nSPS) is 13.8. The van der Waals surface area contributed by atoms with E-state index in [-0.39, 0.29) is 12.2 Å². The van der Waals surface area contributed by atoms with E-state index >= 15 is 0 Å². The Bertz CT molecular complexity index is 372. The molecular weight excluding hydrogens is 259 g/mol. The molecule has 0 aliphatic rings. The molecule has 4 heteroatoms. The summed E-state index contributed by atoms with van der Waals surface area (Å²) < 4.78 is 5.51. The molecule has 1 N–H and O–H groups in total. The van der Waals surface area contributed by atoms with Gasteiger partial charge in [-0.15, -0.1) is 0 Å². The van der Waals surface area contributed by atoms with Crippen LogP contribution in [0, 0.1) is 0 Å². The van der Waals surface area contributed by atoms with Gasteiger partial charge in [0.25, 0.3) is 0 Å². The van der Waals surface area contributed by atoms with E-state index in [1.165, 1.54) is 0 Å². The SMILES string of the molecule is CC(C)(C)OCC(O)Cc1cc(Cl)ccc1Cl. The highest BCUT2D eigenvalue weighted by atomic mass is 35.5. The lowest BCUT2D eigenvalue weighted by Crippen LogP contribution is -2.27. The minimum atomic E-state index is -0.579. The molecule has 1 atom stereocenters. The summed E-state index contributed by atoms with van der Waals surface area (Å²) in [6.07, 6.45) is -0.139. The van der Waals surface area contributed by atoms with Crippen molar-refractivity contribution in [2.24, 2.45) is 0 Å². The monoisotopic (exact) mass is 276 g/mol. The molecule has 0 amide bonds. The van der Waals surface area contributed by atoms with E-state index in [1.54, 1.807) is 18.2 Å². The third kappa shape index (κ3) is 5.73. The van der Waals surface area contributed by atoms with E-state index < -0.39 is 6.10 Å². The summed E-state index contributed by atoms with van der Waals surface area (Å²) in [5, 5.41) is 11.1. The van der Waals surface area contributed by atoms with Crippen LogP contribution in [0.25, 0.3) is 0 Å². The van der Waals surface area contributed by atoms with E-state index in [0.29, 0.717) is 16.5 Å². The molecule has 0 aliphatic heterocycles. The van der Waals surface area contributed by atoms with Crippen molar-refractivity contribution in [2.75, 3.05) is 6.61 Å². The number of halogens is 2. The molecule has 17 heavy (non-hydrogen) atoms. The standard InChI is InChI=1S/C13H18Cl2O2/c1-13(2,3)17-8-11(16)7-9-6-10(14)4-5-12(9)15/h4-6,11,16H,7-8H2,1-3H3. The Labute approximate surface area is 113 Å². The third-order valence-electron chi connectivity index (χ3n) is 2.17. The molecule has 0 bridgehead atoms. The first-order chi connectivity index (χ1) is 7.78. The molecule has 96 valence electrons. The summed E-state index contributed by atoms with van der Waals surface area (Å²) in [6.45, 7) is 6.14. The lowest BCUT2D eigenvalue weighted by Gasteiger charge is -2.22. The Kier molecular flexibility index (Phi) is 5.26. The number of hydrogen-bond donors (Lipinski definition) is 1.